The molecule has 6 atom stereocenters. The summed E-state index contributed by atoms with van der Waals surface area (Å²) in [6.07, 6.45) is 4.23. The van der Waals surface area contributed by atoms with Crippen LogP contribution >= 0.6 is 27.5 Å². The average molecular weight is 467 g/mol. The maximum absolute atomic E-state index is 12.2. The van der Waals surface area contributed by atoms with Gasteiger partial charge < -0.3 is 10.1 Å². The van der Waals surface area contributed by atoms with E-state index in [1.807, 2.05) is 6.07 Å². The predicted molar refractivity (Wildman–Crippen MR) is 115 cm³/mol. The third kappa shape index (κ3) is 2.20. The van der Waals surface area contributed by atoms with E-state index in [0.717, 1.165) is 36.1 Å². The van der Waals surface area contributed by atoms with Crippen molar-refractivity contribution in [1.29, 1.82) is 0 Å². The van der Waals surface area contributed by atoms with Crippen molar-refractivity contribution in [3.8, 4) is 5.75 Å². The van der Waals surface area contributed by atoms with Crippen molar-refractivity contribution in [3.63, 3.8) is 0 Å². The molecule has 2 fully saturated rings. The van der Waals surface area contributed by atoms with E-state index in [1.165, 1.54) is 12.0 Å². The number of benzene rings is 1. The Bertz CT molecular complexity index is 870. The van der Waals surface area contributed by atoms with Crippen LogP contribution in [0.4, 0.5) is 0 Å². The van der Waals surface area contributed by atoms with Crippen LogP contribution < -0.4 is 10.1 Å². The second-order valence-corrected chi connectivity index (χ2v) is 11.9. The van der Waals surface area contributed by atoms with Crippen LogP contribution in [-0.4, -0.2) is 21.7 Å². The molecule has 1 aromatic rings. The van der Waals surface area contributed by atoms with Crippen LogP contribution in [0.1, 0.15) is 68.4 Å². The van der Waals surface area contributed by atoms with Gasteiger partial charge in [0.05, 0.1) is 5.38 Å². The molecule has 1 N–H and O–H groups in total. The molecule has 2 aliphatic heterocycles. The Morgan fingerprint density at radius 1 is 1.25 bits per heavy atom. The van der Waals surface area contributed by atoms with Gasteiger partial charge in [-0.3, -0.25) is 4.79 Å². The van der Waals surface area contributed by atoms with Gasteiger partial charge in [0.1, 0.15) is 11.4 Å². The average Bonchev–Trinajstić information content (AvgIpc) is 3.01. The first-order valence-electron chi connectivity index (χ1n) is 10.5. The van der Waals surface area contributed by atoms with Crippen molar-refractivity contribution in [2.75, 3.05) is 0 Å². The molecule has 3 nitrogen and oxygen atoms in total. The highest BCUT2D eigenvalue weighted by molar-refractivity contribution is 9.09. The number of amides is 1. The molecule has 0 saturated heterocycles. The number of fused-ring (bicyclic) bond motifs is 3. The van der Waals surface area contributed by atoms with Crippen LogP contribution in [0.2, 0.25) is 0 Å². The molecule has 0 aromatic heterocycles. The van der Waals surface area contributed by atoms with Crippen LogP contribution in [0.5, 0.6) is 5.75 Å². The lowest BCUT2D eigenvalue weighted by Gasteiger charge is -2.67. The molecule has 152 valence electrons. The fourth-order valence-corrected chi connectivity index (χ4v) is 7.97. The molecule has 1 amide bonds. The van der Waals surface area contributed by atoms with E-state index in [9.17, 15) is 4.79 Å². The van der Waals surface area contributed by atoms with E-state index in [1.54, 1.807) is 0 Å². The molecule has 0 bridgehead atoms. The van der Waals surface area contributed by atoms with E-state index in [-0.39, 0.29) is 32.5 Å². The molecular formula is C23H29BrClNO2. The van der Waals surface area contributed by atoms with Gasteiger partial charge in [0.25, 0.3) is 5.91 Å². The molecule has 4 aliphatic rings. The molecule has 2 unspecified atom stereocenters. The Morgan fingerprint density at radius 3 is 2.75 bits per heavy atom. The van der Waals surface area contributed by atoms with Gasteiger partial charge in [-0.1, -0.05) is 49.7 Å². The van der Waals surface area contributed by atoms with Gasteiger partial charge in [-0.2, -0.15) is 0 Å². The zero-order valence-corrected chi connectivity index (χ0v) is 19.4. The Hall–Kier alpha value is -0.740. The zero-order chi connectivity index (χ0) is 20.1. The van der Waals surface area contributed by atoms with Crippen molar-refractivity contribution in [1.82, 2.24) is 5.32 Å². The Morgan fingerprint density at radius 2 is 2.00 bits per heavy atom. The maximum atomic E-state index is 12.2. The number of carbonyl (C=O) groups is 1. The van der Waals surface area contributed by atoms with Crippen molar-refractivity contribution >= 4 is 33.4 Å². The topological polar surface area (TPSA) is 38.3 Å². The summed E-state index contributed by atoms with van der Waals surface area (Å²) in [4.78, 5) is 12.5. The van der Waals surface area contributed by atoms with E-state index in [0.29, 0.717) is 18.4 Å². The number of nitrogens with one attached hydrogen (secondary N) is 1. The monoisotopic (exact) mass is 465 g/mol. The lowest BCUT2D eigenvalue weighted by Crippen LogP contribution is -2.71. The minimum atomic E-state index is -0.293. The normalized spacial score (nSPS) is 43.1. The second-order valence-electron chi connectivity index (χ2n) is 10.3. The van der Waals surface area contributed by atoms with E-state index in [4.69, 9.17) is 16.3 Å². The molecule has 1 aromatic carbocycles. The summed E-state index contributed by atoms with van der Waals surface area (Å²) in [6, 6.07) is 4.10. The van der Waals surface area contributed by atoms with Crippen molar-refractivity contribution in [2.45, 2.75) is 75.7 Å². The number of hydrogen-bond acceptors (Lipinski definition) is 2. The van der Waals surface area contributed by atoms with E-state index in [2.05, 4.69) is 55.0 Å². The van der Waals surface area contributed by atoms with Crippen LogP contribution in [0.3, 0.4) is 0 Å². The Balaban J connectivity index is 1.72. The lowest BCUT2D eigenvalue weighted by molar-refractivity contribution is -0.207. The first-order valence-corrected chi connectivity index (χ1v) is 11.9. The third-order valence-electron chi connectivity index (χ3n) is 8.78. The minimum Gasteiger partial charge on any atom is -0.486 e. The Labute approximate surface area is 181 Å². The summed E-state index contributed by atoms with van der Waals surface area (Å²) in [7, 11) is 0. The largest absolute Gasteiger partial charge is 0.486 e. The molecule has 5 heteroatoms. The number of alkyl halides is 2. The fraction of sp³-hybridized carbons (Fsp3) is 0.696. The molecule has 5 rings (SSSR count). The number of ether oxygens (including phenoxy) is 1. The van der Waals surface area contributed by atoms with E-state index < -0.39 is 0 Å². The van der Waals surface area contributed by atoms with Crippen molar-refractivity contribution in [3.05, 3.63) is 28.8 Å². The first-order chi connectivity index (χ1) is 13.1. The number of hydrogen-bond donors (Lipinski definition) is 1. The van der Waals surface area contributed by atoms with Crippen LogP contribution in [-0.2, 0) is 13.0 Å². The van der Waals surface area contributed by atoms with Gasteiger partial charge in [-0.25, -0.2) is 0 Å². The fourth-order valence-electron chi connectivity index (χ4n) is 6.91. The summed E-state index contributed by atoms with van der Waals surface area (Å²) in [5, 5.41) is 3.00. The molecule has 2 saturated carbocycles. The van der Waals surface area contributed by atoms with Crippen LogP contribution in [0, 0.1) is 22.7 Å². The third-order valence-corrected chi connectivity index (χ3v) is 11.3. The van der Waals surface area contributed by atoms with Crippen molar-refractivity contribution < 1.29 is 9.53 Å². The zero-order valence-electron chi connectivity index (χ0n) is 17.1. The number of rotatable bonds is 0. The van der Waals surface area contributed by atoms with Gasteiger partial charge in [0.15, 0.2) is 0 Å². The summed E-state index contributed by atoms with van der Waals surface area (Å²) >= 11 is 10.9. The van der Waals surface area contributed by atoms with Gasteiger partial charge >= 0.3 is 0 Å². The smallest absolute Gasteiger partial charge is 0.252 e. The van der Waals surface area contributed by atoms with Gasteiger partial charge in [-0.15, -0.1) is 11.6 Å². The lowest BCUT2D eigenvalue weighted by atomic mass is 9.44. The van der Waals surface area contributed by atoms with Gasteiger partial charge in [0.2, 0.25) is 0 Å². The Kier molecular flexibility index (Phi) is 4.06. The standard InChI is InChI=1S/C23H29BrClNO2/c1-12-5-8-17-21(2,3)19(24)16(25)10-23(17)22(12,4)9-13-6-7-14-15(18(13)28-23)11-26-20(14)27/h6-7,12,16-17,19H,5,8-11H2,1-4H3,(H,26,27)/t12-,16?,17-,19?,22+,23-/m0/s1. The highest BCUT2D eigenvalue weighted by Crippen LogP contribution is 2.67. The highest BCUT2D eigenvalue weighted by atomic mass is 79.9. The number of carbonyl (C=O) groups excluding carboxylic acids is 1. The molecule has 2 aliphatic carbocycles. The molecule has 1 spiro atoms. The molecule has 28 heavy (non-hydrogen) atoms. The summed E-state index contributed by atoms with van der Waals surface area (Å²) in [5.41, 5.74) is 2.84. The summed E-state index contributed by atoms with van der Waals surface area (Å²) < 4.78 is 7.15. The highest BCUT2D eigenvalue weighted by Gasteiger charge is 2.69. The minimum absolute atomic E-state index is 0.0144. The van der Waals surface area contributed by atoms with Crippen LogP contribution in [0.25, 0.3) is 0 Å². The van der Waals surface area contributed by atoms with Gasteiger partial charge in [-0.05, 0) is 42.2 Å². The second kappa shape index (κ2) is 5.91. The predicted octanol–water partition coefficient (Wildman–Crippen LogP) is 5.46. The SMILES string of the molecule is C[C@H]1CC[C@H]2C(C)(C)C(Br)C(Cl)C[C@]23Oc2c(ccc4c2CNC4=O)C[C@]13C. The summed E-state index contributed by atoms with van der Waals surface area (Å²) in [6.45, 7) is 10.1. The summed E-state index contributed by atoms with van der Waals surface area (Å²) in [5.74, 6) is 1.96. The maximum Gasteiger partial charge on any atom is 0.252 e. The van der Waals surface area contributed by atoms with Crippen LogP contribution in [0.15, 0.2) is 12.1 Å². The molecule has 0 radical (unpaired) electrons. The van der Waals surface area contributed by atoms with Crippen molar-refractivity contribution in [2.24, 2.45) is 22.7 Å². The first kappa shape index (κ1) is 19.2. The van der Waals surface area contributed by atoms with Gasteiger partial charge in [0, 0.05) is 40.3 Å². The number of halogens is 2. The molecule has 2 heterocycles. The quantitative estimate of drug-likeness (QED) is 0.516. The van der Waals surface area contributed by atoms with E-state index >= 15 is 0 Å². The molecular weight excluding hydrogens is 438 g/mol.